The van der Waals surface area contributed by atoms with E-state index in [4.69, 9.17) is 4.74 Å². The topological polar surface area (TPSA) is 78.9 Å². The molecular weight excluding hydrogens is 457 g/mol. The summed E-state index contributed by atoms with van der Waals surface area (Å²) in [5.74, 6) is 0.780. The van der Waals surface area contributed by atoms with Crippen molar-refractivity contribution in [3.05, 3.63) is 30.1 Å². The number of ether oxygens (including phenoxy) is 1. The van der Waals surface area contributed by atoms with Gasteiger partial charge in [0.1, 0.15) is 5.60 Å². The van der Waals surface area contributed by atoms with Crippen molar-refractivity contribution in [2.24, 2.45) is 4.99 Å². The van der Waals surface area contributed by atoms with Crippen molar-refractivity contribution in [3.8, 4) is 0 Å². The number of carbonyl (C=O) groups excluding carboxylic acids is 1. The van der Waals surface area contributed by atoms with Gasteiger partial charge in [0.15, 0.2) is 5.96 Å². The first kappa shape index (κ1) is 25.4. The first-order valence-electron chi connectivity index (χ1n) is 9.17. The predicted octanol–water partition coefficient (Wildman–Crippen LogP) is 3.40. The van der Waals surface area contributed by atoms with Crippen LogP contribution in [0.1, 0.15) is 46.1 Å². The number of aromatic nitrogens is 1. The van der Waals surface area contributed by atoms with Crippen molar-refractivity contribution < 1.29 is 9.53 Å². The molecule has 2 N–H and O–H groups in total. The zero-order valence-electron chi connectivity index (χ0n) is 17.1. The van der Waals surface area contributed by atoms with Crippen LogP contribution in [0, 0.1) is 0 Å². The maximum atomic E-state index is 12.5. The Morgan fingerprint density at radius 1 is 1.30 bits per heavy atom. The van der Waals surface area contributed by atoms with Crippen LogP contribution < -0.4 is 10.6 Å². The lowest BCUT2D eigenvalue weighted by Gasteiger charge is -2.27. The number of aliphatic imine (C=N–C) groups is 1. The van der Waals surface area contributed by atoms with Gasteiger partial charge in [-0.1, -0.05) is 13.0 Å². The third kappa shape index (κ3) is 11.7. The second kappa shape index (κ2) is 13.6. The van der Waals surface area contributed by atoms with Crippen molar-refractivity contribution in [3.63, 3.8) is 0 Å². The molecule has 1 amide bonds. The summed E-state index contributed by atoms with van der Waals surface area (Å²) in [6.45, 7) is 10.4. The lowest BCUT2D eigenvalue weighted by Crippen LogP contribution is -2.40. The molecule has 27 heavy (non-hydrogen) atoms. The van der Waals surface area contributed by atoms with E-state index < -0.39 is 5.60 Å². The Morgan fingerprint density at radius 3 is 2.56 bits per heavy atom. The van der Waals surface area contributed by atoms with E-state index in [-0.39, 0.29) is 30.1 Å². The summed E-state index contributed by atoms with van der Waals surface area (Å²) in [7, 11) is 1.75. The van der Waals surface area contributed by atoms with Gasteiger partial charge in [-0.3, -0.25) is 9.98 Å². The van der Waals surface area contributed by atoms with E-state index >= 15 is 0 Å². The van der Waals surface area contributed by atoms with Gasteiger partial charge in [0.2, 0.25) is 0 Å². The minimum Gasteiger partial charge on any atom is -0.444 e. The minimum atomic E-state index is -0.519. The van der Waals surface area contributed by atoms with Gasteiger partial charge in [-0.05, 0) is 45.2 Å². The molecule has 1 aromatic heterocycles. The zero-order valence-corrected chi connectivity index (χ0v) is 19.4. The van der Waals surface area contributed by atoms with Gasteiger partial charge in [-0.25, -0.2) is 4.79 Å². The van der Waals surface area contributed by atoms with E-state index in [0.29, 0.717) is 13.1 Å². The highest BCUT2D eigenvalue weighted by Crippen LogP contribution is 2.12. The van der Waals surface area contributed by atoms with E-state index in [1.807, 2.05) is 32.9 Å². The van der Waals surface area contributed by atoms with Crippen molar-refractivity contribution in [2.75, 3.05) is 26.7 Å². The lowest BCUT2D eigenvalue weighted by molar-refractivity contribution is 0.0232. The fraction of sp³-hybridized carbons (Fsp3) is 0.632. The van der Waals surface area contributed by atoms with Gasteiger partial charge in [0.05, 0.1) is 6.54 Å². The predicted molar refractivity (Wildman–Crippen MR) is 121 cm³/mol. The Labute approximate surface area is 180 Å². The number of amides is 1. The summed E-state index contributed by atoms with van der Waals surface area (Å²) >= 11 is 0. The van der Waals surface area contributed by atoms with Crippen LogP contribution in [0.3, 0.4) is 0 Å². The van der Waals surface area contributed by atoms with Gasteiger partial charge < -0.3 is 20.3 Å². The summed E-state index contributed by atoms with van der Waals surface area (Å²) < 4.78 is 5.53. The first-order valence-corrected chi connectivity index (χ1v) is 9.17. The number of pyridine rings is 1. The van der Waals surface area contributed by atoms with Gasteiger partial charge >= 0.3 is 6.09 Å². The Balaban J connectivity index is 0.00000676. The summed E-state index contributed by atoms with van der Waals surface area (Å²) in [5, 5.41) is 6.48. The molecule has 0 unspecified atom stereocenters. The molecule has 0 spiro atoms. The molecule has 0 aliphatic rings. The highest BCUT2D eigenvalue weighted by atomic mass is 127. The Kier molecular flexibility index (Phi) is 12.8. The quantitative estimate of drug-likeness (QED) is 0.252. The van der Waals surface area contributed by atoms with Crippen molar-refractivity contribution in [1.82, 2.24) is 20.5 Å². The average Bonchev–Trinajstić information content (AvgIpc) is 2.59. The molecule has 0 saturated carbocycles. The minimum absolute atomic E-state index is 0. The number of hydrogen-bond donors (Lipinski definition) is 2. The van der Waals surface area contributed by atoms with Crippen LogP contribution in [0.5, 0.6) is 0 Å². The van der Waals surface area contributed by atoms with Gasteiger partial charge in [-0.15, -0.1) is 24.0 Å². The molecule has 1 heterocycles. The molecule has 0 aliphatic heterocycles. The van der Waals surface area contributed by atoms with Gasteiger partial charge in [0, 0.05) is 39.1 Å². The SMILES string of the molecule is CCCNC(=NC)NCCCN(Cc1cccnc1)C(=O)OC(C)(C)C.I. The summed E-state index contributed by atoms with van der Waals surface area (Å²) in [6, 6.07) is 3.83. The second-order valence-electron chi connectivity index (χ2n) is 7.04. The summed E-state index contributed by atoms with van der Waals surface area (Å²) in [5.41, 5.74) is 0.459. The monoisotopic (exact) mass is 491 g/mol. The molecule has 0 aliphatic carbocycles. The van der Waals surface area contributed by atoms with E-state index in [9.17, 15) is 4.79 Å². The molecule has 0 aromatic carbocycles. The number of guanidine groups is 1. The van der Waals surface area contributed by atoms with Crippen LogP contribution in [0.4, 0.5) is 4.79 Å². The van der Waals surface area contributed by atoms with Crippen molar-refractivity contribution >= 4 is 36.0 Å². The molecular formula is C19H34IN5O2. The van der Waals surface area contributed by atoms with Crippen LogP contribution >= 0.6 is 24.0 Å². The number of rotatable bonds is 8. The molecule has 7 nitrogen and oxygen atoms in total. The lowest BCUT2D eigenvalue weighted by atomic mass is 10.2. The van der Waals surface area contributed by atoms with E-state index in [0.717, 1.165) is 37.5 Å². The van der Waals surface area contributed by atoms with E-state index in [2.05, 4.69) is 27.5 Å². The normalized spacial score (nSPS) is 11.4. The maximum absolute atomic E-state index is 12.5. The smallest absolute Gasteiger partial charge is 0.410 e. The maximum Gasteiger partial charge on any atom is 0.410 e. The second-order valence-corrected chi connectivity index (χ2v) is 7.04. The Morgan fingerprint density at radius 2 is 2.00 bits per heavy atom. The average molecular weight is 491 g/mol. The van der Waals surface area contributed by atoms with Crippen LogP contribution in [0.25, 0.3) is 0 Å². The number of carbonyl (C=O) groups is 1. The number of halogens is 1. The standard InChI is InChI=1S/C19H33N5O2.HI/c1-6-10-22-17(20-5)23-12-8-13-24(18(25)26-19(2,3)4)15-16-9-7-11-21-14-16;/h7,9,11,14H,6,8,10,12-13,15H2,1-5H3,(H2,20,22,23);1H. The van der Waals surface area contributed by atoms with Gasteiger partial charge in [-0.2, -0.15) is 0 Å². The molecule has 0 bridgehead atoms. The van der Waals surface area contributed by atoms with Crippen LogP contribution in [-0.2, 0) is 11.3 Å². The molecule has 1 rings (SSSR count). The third-order valence-corrected chi connectivity index (χ3v) is 3.41. The molecule has 1 aromatic rings. The van der Waals surface area contributed by atoms with Crippen molar-refractivity contribution in [1.29, 1.82) is 0 Å². The zero-order chi connectivity index (χ0) is 19.4. The van der Waals surface area contributed by atoms with Crippen molar-refractivity contribution in [2.45, 2.75) is 52.7 Å². The number of nitrogens with one attached hydrogen (secondary N) is 2. The highest BCUT2D eigenvalue weighted by molar-refractivity contribution is 14.0. The molecule has 8 heteroatoms. The molecule has 0 saturated heterocycles. The van der Waals surface area contributed by atoms with E-state index in [1.54, 1.807) is 24.3 Å². The van der Waals surface area contributed by atoms with E-state index in [1.165, 1.54) is 0 Å². The van der Waals surface area contributed by atoms with Crippen LogP contribution in [-0.4, -0.2) is 54.2 Å². The number of nitrogens with zero attached hydrogens (tertiary/aromatic N) is 3. The third-order valence-electron chi connectivity index (χ3n) is 3.41. The Hall–Kier alpha value is -1.58. The summed E-state index contributed by atoms with van der Waals surface area (Å²) in [4.78, 5) is 22.5. The molecule has 0 fully saturated rings. The summed E-state index contributed by atoms with van der Waals surface area (Å²) in [6.07, 6.45) is 5.01. The number of hydrogen-bond acceptors (Lipinski definition) is 4. The highest BCUT2D eigenvalue weighted by Gasteiger charge is 2.22. The largest absolute Gasteiger partial charge is 0.444 e. The van der Waals surface area contributed by atoms with Gasteiger partial charge in [0.25, 0.3) is 0 Å². The fourth-order valence-electron chi connectivity index (χ4n) is 2.21. The molecule has 0 atom stereocenters. The molecule has 0 radical (unpaired) electrons. The Bertz CT molecular complexity index is 561. The molecule has 154 valence electrons. The first-order chi connectivity index (χ1) is 12.4. The van der Waals surface area contributed by atoms with Crippen LogP contribution in [0.2, 0.25) is 0 Å². The fourth-order valence-corrected chi connectivity index (χ4v) is 2.21. The van der Waals surface area contributed by atoms with Crippen LogP contribution in [0.15, 0.2) is 29.5 Å².